The van der Waals surface area contributed by atoms with Crippen molar-refractivity contribution in [3.05, 3.63) is 241 Å². The molecular formula is C63H65FN4. The van der Waals surface area contributed by atoms with E-state index in [-0.39, 0.29) is 23.9 Å². The van der Waals surface area contributed by atoms with Gasteiger partial charge in [0.05, 0.1) is 6.04 Å². The smallest absolute Gasteiger partial charge is 0.108 e. The average molecular weight is 897 g/mol. The monoisotopic (exact) mass is 897 g/mol. The number of hydrogen-bond donors (Lipinski definition) is 0. The number of halogens is 1. The molecule has 2 bridgehead atoms. The zero-order valence-corrected chi connectivity index (χ0v) is 40.3. The van der Waals surface area contributed by atoms with Crippen molar-refractivity contribution in [3.8, 4) is 11.1 Å². The van der Waals surface area contributed by atoms with Crippen molar-refractivity contribution in [2.24, 2.45) is 0 Å². The Bertz CT molecular complexity index is 2810. The Labute approximate surface area is 405 Å². The first-order valence-corrected chi connectivity index (χ1v) is 24.3. The summed E-state index contributed by atoms with van der Waals surface area (Å²) in [7, 11) is 0. The third kappa shape index (κ3) is 10.3. The molecule has 0 spiro atoms. The molecule has 1 aliphatic carbocycles. The molecule has 0 saturated heterocycles. The van der Waals surface area contributed by atoms with Crippen LogP contribution in [-0.4, -0.2) is 25.3 Å². The van der Waals surface area contributed by atoms with Crippen LogP contribution < -0.4 is 19.6 Å². The maximum absolute atomic E-state index is 13.7. The average Bonchev–Trinajstić information content (AvgIpc) is 3.45. The van der Waals surface area contributed by atoms with Crippen molar-refractivity contribution >= 4 is 39.8 Å². The summed E-state index contributed by atoms with van der Waals surface area (Å²) in [5.41, 5.74) is 18.0. The van der Waals surface area contributed by atoms with Crippen molar-refractivity contribution < 1.29 is 4.39 Å². The molecule has 4 nitrogen and oxygen atoms in total. The number of alkyl halides is 1. The lowest BCUT2D eigenvalue weighted by Gasteiger charge is -2.44. The molecule has 0 fully saturated rings. The molecule has 3 aliphatic rings. The maximum Gasteiger partial charge on any atom is 0.108 e. The molecule has 0 amide bonds. The highest BCUT2D eigenvalue weighted by atomic mass is 19.1. The summed E-state index contributed by atoms with van der Waals surface area (Å²) in [6.45, 7) is 15.3. The highest BCUT2D eigenvalue weighted by Crippen LogP contribution is 2.46. The standard InChI is InChI=1S/C63H65FN4/c1-7-11-15-23-48(6)66-57-28-20-24-51(44-57)61-46-59(39-41-63(61)66)68(53(10-4)29-21-42-64)56-36-32-50(33-37-56)49-30-34-55(35-31-49)67(52(9-3)25-12-8-2)58-38-40-62-60(45-58)47(5)22-16-14-19-43-65(62)54-26-17-13-18-27-54/h7,9-11,13-19,21-41,45-48,51,57H,3,8,12,42-44H2,1-2,4-6H3/b11-7-,19-14-,22-16-,23-15-,29-21-,52-25+,53-10+. The van der Waals surface area contributed by atoms with Crippen molar-refractivity contribution in [2.45, 2.75) is 77.8 Å². The summed E-state index contributed by atoms with van der Waals surface area (Å²) in [6.07, 6.45) is 34.6. The van der Waals surface area contributed by atoms with Crippen molar-refractivity contribution in [2.75, 3.05) is 32.8 Å². The quantitative estimate of drug-likeness (QED) is 0.0723. The first kappa shape index (κ1) is 47.2. The number of nitrogens with zero attached hydrogens (tertiary/aromatic N) is 4. The number of allylic oxidation sites excluding steroid dienone is 11. The molecule has 68 heavy (non-hydrogen) atoms. The fraction of sp³-hybridized carbons (Fsp3) is 0.222. The lowest BCUT2D eigenvalue weighted by molar-refractivity contribution is 0.539. The van der Waals surface area contributed by atoms with Crippen molar-refractivity contribution in [3.63, 3.8) is 0 Å². The minimum Gasteiger partial charge on any atom is -0.358 e. The van der Waals surface area contributed by atoms with Crippen LogP contribution in [0.5, 0.6) is 0 Å². The normalized spacial score (nSPS) is 19.4. The highest BCUT2D eigenvalue weighted by molar-refractivity contribution is 5.80. The second kappa shape index (κ2) is 22.4. The van der Waals surface area contributed by atoms with Gasteiger partial charge in [-0.3, -0.25) is 0 Å². The van der Waals surface area contributed by atoms with Crippen LogP contribution in [0.2, 0.25) is 0 Å². The Morgan fingerprint density at radius 3 is 2.10 bits per heavy atom. The molecule has 4 unspecified atom stereocenters. The van der Waals surface area contributed by atoms with Crippen LogP contribution >= 0.6 is 0 Å². The molecular weight excluding hydrogens is 832 g/mol. The largest absolute Gasteiger partial charge is 0.358 e. The van der Waals surface area contributed by atoms with Crippen LogP contribution in [0.3, 0.4) is 0 Å². The van der Waals surface area contributed by atoms with Crippen LogP contribution in [-0.2, 0) is 0 Å². The second-order valence-corrected chi connectivity index (χ2v) is 17.7. The summed E-state index contributed by atoms with van der Waals surface area (Å²) in [5.74, 6) is 0.453. The molecule has 8 rings (SSSR count). The Morgan fingerprint density at radius 1 is 0.794 bits per heavy atom. The minimum absolute atomic E-state index is 0.189. The van der Waals surface area contributed by atoms with Gasteiger partial charge in [-0.15, -0.1) is 5.73 Å². The molecule has 344 valence electrons. The molecule has 5 heteroatoms. The van der Waals surface area contributed by atoms with Crippen LogP contribution in [0.4, 0.5) is 44.2 Å². The Hall–Kier alpha value is -7.33. The SMILES string of the molecule is C=C/C(=C\CCC)N(c1ccc(-c2ccc(N(C(/C=C\CF)=C/C)c3ccc4c(c3)C3C=C=CC(C3)N4C(C)/C=C\C=C/C)cc2)cc1)c1ccc2c(c1)C(C)/C=C\C=C/CN2c1ccccc1. The summed E-state index contributed by atoms with van der Waals surface area (Å²) < 4.78 is 13.7. The lowest BCUT2D eigenvalue weighted by Crippen LogP contribution is -2.45. The van der Waals surface area contributed by atoms with Crippen molar-refractivity contribution in [1.29, 1.82) is 0 Å². The van der Waals surface area contributed by atoms with E-state index in [1.54, 1.807) is 6.08 Å². The molecule has 5 aromatic carbocycles. The molecule has 4 atom stereocenters. The van der Waals surface area contributed by atoms with Gasteiger partial charge >= 0.3 is 0 Å². The van der Waals surface area contributed by atoms with E-state index in [1.165, 1.54) is 28.2 Å². The van der Waals surface area contributed by atoms with E-state index in [0.717, 1.165) is 71.1 Å². The highest BCUT2D eigenvalue weighted by Gasteiger charge is 2.34. The van der Waals surface area contributed by atoms with Gasteiger partial charge in [0.15, 0.2) is 0 Å². The van der Waals surface area contributed by atoms with Gasteiger partial charge in [0.25, 0.3) is 0 Å². The van der Waals surface area contributed by atoms with E-state index >= 15 is 0 Å². The molecule has 5 aromatic rings. The van der Waals surface area contributed by atoms with Gasteiger partial charge in [-0.1, -0.05) is 136 Å². The van der Waals surface area contributed by atoms with E-state index < -0.39 is 6.67 Å². The van der Waals surface area contributed by atoms with Crippen LogP contribution in [0.25, 0.3) is 11.1 Å². The maximum atomic E-state index is 13.7. The van der Waals surface area contributed by atoms with Gasteiger partial charge in [0, 0.05) is 75.6 Å². The van der Waals surface area contributed by atoms with Gasteiger partial charge in [-0.2, -0.15) is 0 Å². The van der Waals surface area contributed by atoms with Crippen LogP contribution in [0, 0.1) is 0 Å². The van der Waals surface area contributed by atoms with Gasteiger partial charge in [0.1, 0.15) is 6.67 Å². The fourth-order valence-electron chi connectivity index (χ4n) is 9.78. The number of anilines is 7. The first-order chi connectivity index (χ1) is 33.4. The Kier molecular flexibility index (Phi) is 15.6. The third-order valence-electron chi connectivity index (χ3n) is 13.2. The number of benzene rings is 5. The summed E-state index contributed by atoms with van der Waals surface area (Å²) in [4.78, 5) is 9.49. The van der Waals surface area contributed by atoms with E-state index in [0.29, 0.717) is 0 Å². The number of para-hydroxylation sites is 1. The number of rotatable bonds is 16. The van der Waals surface area contributed by atoms with E-state index in [9.17, 15) is 4.39 Å². The molecule has 0 saturated carbocycles. The Morgan fingerprint density at radius 2 is 1.46 bits per heavy atom. The predicted octanol–water partition coefficient (Wildman–Crippen LogP) is 17.2. The minimum atomic E-state index is -0.536. The van der Waals surface area contributed by atoms with Gasteiger partial charge < -0.3 is 19.6 Å². The second-order valence-electron chi connectivity index (χ2n) is 17.7. The summed E-state index contributed by atoms with van der Waals surface area (Å²) in [5, 5.41) is 0. The summed E-state index contributed by atoms with van der Waals surface area (Å²) in [6, 6.07) is 42.4. The first-order valence-electron chi connectivity index (χ1n) is 24.3. The van der Waals surface area contributed by atoms with E-state index in [1.807, 2.05) is 26.0 Å². The number of fused-ring (bicyclic) bond motifs is 5. The molecule has 2 heterocycles. The number of unbranched alkanes of at least 4 members (excludes halogenated alkanes) is 1. The van der Waals surface area contributed by atoms with Crippen molar-refractivity contribution in [1.82, 2.24) is 0 Å². The molecule has 0 radical (unpaired) electrons. The van der Waals surface area contributed by atoms with E-state index in [4.69, 9.17) is 0 Å². The number of hydrogen-bond acceptors (Lipinski definition) is 4. The molecule has 2 aliphatic heterocycles. The summed E-state index contributed by atoms with van der Waals surface area (Å²) >= 11 is 0. The third-order valence-corrected chi connectivity index (χ3v) is 13.2. The van der Waals surface area contributed by atoms with Crippen LogP contribution in [0.15, 0.2) is 230 Å². The Balaban J connectivity index is 1.13. The topological polar surface area (TPSA) is 13.0 Å². The van der Waals surface area contributed by atoms with Gasteiger partial charge in [0.2, 0.25) is 0 Å². The van der Waals surface area contributed by atoms with E-state index in [2.05, 4.69) is 241 Å². The molecule has 0 aromatic heterocycles. The zero-order chi connectivity index (χ0) is 47.4. The zero-order valence-electron chi connectivity index (χ0n) is 40.3. The van der Waals surface area contributed by atoms with Crippen LogP contribution in [0.1, 0.15) is 76.8 Å². The van der Waals surface area contributed by atoms with Gasteiger partial charge in [-0.25, -0.2) is 4.39 Å². The van der Waals surface area contributed by atoms with Gasteiger partial charge in [-0.05, 0) is 153 Å². The predicted molar refractivity (Wildman–Crippen MR) is 291 cm³/mol. The fourth-order valence-corrected chi connectivity index (χ4v) is 9.78. The lowest BCUT2D eigenvalue weighted by atomic mass is 9.82. The molecule has 0 N–H and O–H groups in total.